The van der Waals surface area contributed by atoms with E-state index in [0.717, 1.165) is 17.4 Å². The Morgan fingerprint density at radius 1 is 1.39 bits per heavy atom. The van der Waals surface area contributed by atoms with Crippen LogP contribution in [0.3, 0.4) is 0 Å². The predicted octanol–water partition coefficient (Wildman–Crippen LogP) is 3.96. The van der Waals surface area contributed by atoms with Gasteiger partial charge in [0.2, 0.25) is 0 Å². The molecule has 0 saturated carbocycles. The fraction of sp³-hybridized carbons (Fsp3) is 0.214. The minimum absolute atomic E-state index is 0.00529. The summed E-state index contributed by atoms with van der Waals surface area (Å²) >= 11 is 0. The summed E-state index contributed by atoms with van der Waals surface area (Å²) in [6, 6.07) is 7.74. The highest BCUT2D eigenvalue weighted by molar-refractivity contribution is 5.99. The fourth-order valence-electron chi connectivity index (χ4n) is 1.91. The molecule has 0 aliphatic carbocycles. The SMILES string of the molecule is C/C=C(\C)Cn1ccc2cc(C(=N)N=N)ccc21. The van der Waals surface area contributed by atoms with E-state index < -0.39 is 0 Å². The molecule has 0 spiro atoms. The maximum absolute atomic E-state index is 7.53. The highest BCUT2D eigenvalue weighted by atomic mass is 15.0. The third kappa shape index (κ3) is 2.22. The third-order valence-corrected chi connectivity index (χ3v) is 3.07. The zero-order chi connectivity index (χ0) is 13.1. The van der Waals surface area contributed by atoms with Gasteiger partial charge in [0.25, 0.3) is 0 Å². The van der Waals surface area contributed by atoms with Crippen molar-refractivity contribution in [3.8, 4) is 0 Å². The molecule has 1 heterocycles. The van der Waals surface area contributed by atoms with Crippen LogP contribution < -0.4 is 0 Å². The number of rotatable bonds is 3. The van der Waals surface area contributed by atoms with E-state index in [0.29, 0.717) is 5.56 Å². The van der Waals surface area contributed by atoms with Gasteiger partial charge in [-0.05, 0) is 38.1 Å². The Labute approximate surface area is 106 Å². The van der Waals surface area contributed by atoms with Crippen LogP contribution in [-0.2, 0) is 6.54 Å². The first kappa shape index (κ1) is 12.2. The van der Waals surface area contributed by atoms with Crippen molar-refractivity contribution >= 4 is 16.7 Å². The van der Waals surface area contributed by atoms with Crippen LogP contribution in [0, 0.1) is 10.9 Å². The number of nitrogens with zero attached hydrogens (tertiary/aromatic N) is 2. The lowest BCUT2D eigenvalue weighted by Gasteiger charge is -2.06. The molecule has 0 unspecified atom stereocenters. The highest BCUT2D eigenvalue weighted by Gasteiger charge is 2.05. The second-order valence-corrected chi connectivity index (χ2v) is 4.31. The molecule has 1 aromatic carbocycles. The largest absolute Gasteiger partial charge is 0.343 e. The minimum Gasteiger partial charge on any atom is -0.343 e. The minimum atomic E-state index is -0.00529. The zero-order valence-electron chi connectivity index (χ0n) is 10.6. The van der Waals surface area contributed by atoms with E-state index in [1.54, 1.807) is 0 Å². The average molecular weight is 240 g/mol. The number of fused-ring (bicyclic) bond motifs is 1. The molecule has 0 radical (unpaired) electrons. The van der Waals surface area contributed by atoms with Gasteiger partial charge in [0, 0.05) is 29.2 Å². The number of hydrogen-bond acceptors (Lipinski definition) is 2. The van der Waals surface area contributed by atoms with Crippen molar-refractivity contribution in [3.63, 3.8) is 0 Å². The Kier molecular flexibility index (Phi) is 3.37. The smallest absolute Gasteiger partial charge is 0.173 e. The first-order valence-corrected chi connectivity index (χ1v) is 5.82. The van der Waals surface area contributed by atoms with Crippen LogP contribution in [0.15, 0.2) is 47.2 Å². The molecule has 2 N–H and O–H groups in total. The third-order valence-electron chi connectivity index (χ3n) is 3.07. The Morgan fingerprint density at radius 3 is 2.83 bits per heavy atom. The van der Waals surface area contributed by atoms with Crippen LogP contribution in [0.4, 0.5) is 0 Å². The van der Waals surface area contributed by atoms with E-state index in [1.807, 2.05) is 37.4 Å². The molecule has 2 aromatic rings. The van der Waals surface area contributed by atoms with Gasteiger partial charge < -0.3 is 4.57 Å². The maximum Gasteiger partial charge on any atom is 0.173 e. The van der Waals surface area contributed by atoms with Crippen LogP contribution >= 0.6 is 0 Å². The maximum atomic E-state index is 7.53. The first-order valence-electron chi connectivity index (χ1n) is 5.82. The van der Waals surface area contributed by atoms with E-state index in [9.17, 15) is 0 Å². The number of amidine groups is 1. The summed E-state index contributed by atoms with van der Waals surface area (Å²) in [5.41, 5.74) is 9.99. The van der Waals surface area contributed by atoms with Crippen molar-refractivity contribution in [2.75, 3.05) is 0 Å². The number of nitrogens with one attached hydrogen (secondary N) is 2. The fourth-order valence-corrected chi connectivity index (χ4v) is 1.91. The van der Waals surface area contributed by atoms with Crippen LogP contribution in [0.5, 0.6) is 0 Å². The lowest BCUT2D eigenvalue weighted by atomic mass is 10.1. The van der Waals surface area contributed by atoms with Crippen molar-refractivity contribution in [2.45, 2.75) is 20.4 Å². The molecule has 1 aromatic heterocycles. The molecule has 0 fully saturated rings. The van der Waals surface area contributed by atoms with Gasteiger partial charge >= 0.3 is 0 Å². The van der Waals surface area contributed by atoms with Crippen LogP contribution in [0.25, 0.3) is 10.9 Å². The summed E-state index contributed by atoms with van der Waals surface area (Å²) in [6.45, 7) is 5.02. The van der Waals surface area contributed by atoms with Gasteiger partial charge in [0.15, 0.2) is 5.84 Å². The Morgan fingerprint density at radius 2 is 2.17 bits per heavy atom. The van der Waals surface area contributed by atoms with Crippen molar-refractivity contribution in [2.24, 2.45) is 5.11 Å². The van der Waals surface area contributed by atoms with Gasteiger partial charge in [-0.2, -0.15) is 0 Å². The molecule has 92 valence electrons. The van der Waals surface area contributed by atoms with Gasteiger partial charge in [-0.15, -0.1) is 5.11 Å². The molecule has 18 heavy (non-hydrogen) atoms. The summed E-state index contributed by atoms with van der Waals surface area (Å²) in [7, 11) is 0. The van der Waals surface area contributed by atoms with Gasteiger partial charge in [0.1, 0.15) is 0 Å². The second-order valence-electron chi connectivity index (χ2n) is 4.31. The van der Waals surface area contributed by atoms with E-state index in [2.05, 4.69) is 22.7 Å². The summed E-state index contributed by atoms with van der Waals surface area (Å²) in [5, 5.41) is 11.8. The van der Waals surface area contributed by atoms with E-state index in [1.165, 1.54) is 5.57 Å². The van der Waals surface area contributed by atoms with E-state index in [-0.39, 0.29) is 5.84 Å². The summed E-state index contributed by atoms with van der Waals surface area (Å²) in [5.74, 6) is -0.00529. The average Bonchev–Trinajstić information content (AvgIpc) is 2.80. The number of hydrogen-bond donors (Lipinski definition) is 2. The van der Waals surface area contributed by atoms with Crippen LogP contribution in [0.2, 0.25) is 0 Å². The summed E-state index contributed by atoms with van der Waals surface area (Å²) < 4.78 is 2.18. The van der Waals surface area contributed by atoms with E-state index in [4.69, 9.17) is 10.9 Å². The lowest BCUT2D eigenvalue weighted by molar-refractivity contribution is 0.817. The molecule has 4 nitrogen and oxygen atoms in total. The molecule has 0 atom stereocenters. The second kappa shape index (κ2) is 4.96. The molecule has 0 saturated heterocycles. The molecular weight excluding hydrogens is 224 g/mol. The highest BCUT2D eigenvalue weighted by Crippen LogP contribution is 2.19. The quantitative estimate of drug-likeness (QED) is 0.353. The van der Waals surface area contributed by atoms with Crippen molar-refractivity contribution in [3.05, 3.63) is 47.7 Å². The zero-order valence-corrected chi connectivity index (χ0v) is 10.6. The normalized spacial score (nSPS) is 11.8. The number of benzene rings is 1. The van der Waals surface area contributed by atoms with Gasteiger partial charge in [-0.1, -0.05) is 11.6 Å². The van der Waals surface area contributed by atoms with Crippen LogP contribution in [0.1, 0.15) is 19.4 Å². The standard InChI is InChI=1S/C14H16N4/c1-3-10(2)9-18-7-6-11-8-12(14(15)17-16)4-5-13(11)18/h3-8,15-16H,9H2,1-2H3/b10-3+,15-14?,17-16?. The molecule has 0 amide bonds. The van der Waals surface area contributed by atoms with Crippen molar-refractivity contribution in [1.29, 1.82) is 10.9 Å². The number of allylic oxidation sites excluding steroid dienone is 2. The number of aromatic nitrogens is 1. The monoisotopic (exact) mass is 240 g/mol. The Bertz CT molecular complexity index is 634. The predicted molar refractivity (Wildman–Crippen MR) is 73.3 cm³/mol. The molecule has 0 bridgehead atoms. The Hall–Kier alpha value is -2.23. The van der Waals surface area contributed by atoms with E-state index >= 15 is 0 Å². The molecule has 2 rings (SSSR count). The van der Waals surface area contributed by atoms with Crippen LogP contribution in [-0.4, -0.2) is 10.4 Å². The molecule has 0 aliphatic rings. The molecule has 0 aliphatic heterocycles. The lowest BCUT2D eigenvalue weighted by Crippen LogP contribution is -1.98. The Balaban J connectivity index is 2.43. The summed E-state index contributed by atoms with van der Waals surface area (Å²) in [6.07, 6.45) is 4.15. The van der Waals surface area contributed by atoms with Crippen molar-refractivity contribution in [1.82, 2.24) is 4.57 Å². The van der Waals surface area contributed by atoms with Gasteiger partial charge in [-0.3, -0.25) is 5.41 Å². The van der Waals surface area contributed by atoms with Crippen molar-refractivity contribution < 1.29 is 0 Å². The topological polar surface area (TPSA) is 65.0 Å². The first-order chi connectivity index (χ1) is 8.65. The molecular formula is C14H16N4. The van der Waals surface area contributed by atoms with Gasteiger partial charge in [-0.25, -0.2) is 5.53 Å². The summed E-state index contributed by atoms with van der Waals surface area (Å²) in [4.78, 5) is 0. The molecule has 4 heteroatoms. The van der Waals surface area contributed by atoms with Gasteiger partial charge in [0.05, 0.1) is 0 Å².